The number of nitrogens with one attached hydrogen (secondary N) is 1. The molecule has 2 rings (SSSR count). The van der Waals surface area contributed by atoms with Gasteiger partial charge >= 0.3 is 0 Å². The first-order chi connectivity index (χ1) is 6.41. The Morgan fingerprint density at radius 3 is 2.31 bits per heavy atom. The van der Waals surface area contributed by atoms with E-state index in [1.807, 2.05) is 0 Å². The van der Waals surface area contributed by atoms with Crippen molar-refractivity contribution in [2.24, 2.45) is 4.99 Å². The molecule has 0 saturated heterocycles. The first-order valence-corrected chi connectivity index (χ1v) is 3.51. The molecule has 0 fully saturated rings. The average molecular weight is 180 g/mol. The Bertz CT molecular complexity index is 191. The van der Waals surface area contributed by atoms with Gasteiger partial charge in [-0.2, -0.15) is 0 Å². The van der Waals surface area contributed by atoms with E-state index in [-0.39, 0.29) is 0 Å². The van der Waals surface area contributed by atoms with Crippen molar-refractivity contribution < 1.29 is 4.42 Å². The molecule has 0 aromatic carbocycles. The van der Waals surface area contributed by atoms with Gasteiger partial charge in [-0.15, -0.1) is 0 Å². The van der Waals surface area contributed by atoms with Crippen LogP contribution in [0, 0.1) is 0 Å². The Kier molecular flexibility index (Phi) is 8.61. The van der Waals surface area contributed by atoms with E-state index in [0.29, 0.717) is 0 Å². The Labute approximate surface area is 76.6 Å². The van der Waals surface area contributed by atoms with Gasteiger partial charge in [0.1, 0.15) is 6.26 Å². The Morgan fingerprint density at radius 2 is 2.15 bits per heavy atom. The molecule has 5 heteroatoms. The first kappa shape index (κ1) is 11.1. The molecule has 0 saturated carbocycles. The first-order valence-electron chi connectivity index (χ1n) is 3.51. The van der Waals surface area contributed by atoms with E-state index in [9.17, 15) is 0 Å². The van der Waals surface area contributed by atoms with Gasteiger partial charge in [-0.1, -0.05) is 0 Å². The van der Waals surface area contributed by atoms with Crippen LogP contribution >= 0.6 is 0 Å². The number of H-pyrrole nitrogens is 1. The zero-order chi connectivity index (χ0) is 9.78. The number of aromatic amines is 1. The smallest absolute Gasteiger partial charge is 0.180 e. The van der Waals surface area contributed by atoms with Gasteiger partial charge in [-0.05, 0) is 6.72 Å². The standard InChI is InChI=1S/C3H4N2.C3H3NO.C2H5N/c2*1-2-5-3-4-1;1-3-2/h1-3H,(H,4,5);1-3H;1H2,2H3. The minimum absolute atomic E-state index is 1.38. The van der Waals surface area contributed by atoms with Crippen LogP contribution in [0.1, 0.15) is 0 Å². The minimum atomic E-state index is 1.38. The monoisotopic (exact) mass is 180 g/mol. The van der Waals surface area contributed by atoms with E-state index in [4.69, 9.17) is 0 Å². The lowest BCUT2D eigenvalue weighted by atomic mass is 11.0. The van der Waals surface area contributed by atoms with Crippen LogP contribution in [0.5, 0.6) is 0 Å². The third-order valence-electron chi connectivity index (χ3n) is 0.753. The molecule has 0 aliphatic rings. The van der Waals surface area contributed by atoms with Crippen LogP contribution in [0.2, 0.25) is 0 Å². The van der Waals surface area contributed by atoms with Gasteiger partial charge in [-0.3, -0.25) is 0 Å². The molecule has 5 nitrogen and oxygen atoms in total. The minimum Gasteiger partial charge on any atom is -0.452 e. The molecule has 2 heterocycles. The molecule has 0 atom stereocenters. The quantitative estimate of drug-likeness (QED) is 0.623. The van der Waals surface area contributed by atoms with Gasteiger partial charge in [0.05, 0.1) is 12.5 Å². The molecule has 0 aliphatic carbocycles. The van der Waals surface area contributed by atoms with Crippen molar-refractivity contribution >= 4 is 6.72 Å². The SMILES string of the molecule is C=NC.c1c[nH]cn1.c1cocn1. The van der Waals surface area contributed by atoms with Crippen LogP contribution in [0.3, 0.4) is 0 Å². The van der Waals surface area contributed by atoms with Gasteiger partial charge < -0.3 is 14.4 Å². The predicted molar refractivity (Wildman–Crippen MR) is 50.6 cm³/mol. The van der Waals surface area contributed by atoms with Gasteiger partial charge in [0.2, 0.25) is 0 Å². The molecule has 0 amide bonds. The van der Waals surface area contributed by atoms with Crippen molar-refractivity contribution in [3.8, 4) is 0 Å². The lowest BCUT2D eigenvalue weighted by molar-refractivity contribution is 0.558. The van der Waals surface area contributed by atoms with Gasteiger partial charge in [0.25, 0.3) is 0 Å². The van der Waals surface area contributed by atoms with Crippen molar-refractivity contribution in [1.29, 1.82) is 0 Å². The summed E-state index contributed by atoms with van der Waals surface area (Å²) in [6.45, 7) is 3.11. The average Bonchev–Trinajstić information content (AvgIpc) is 2.85. The van der Waals surface area contributed by atoms with E-state index < -0.39 is 0 Å². The lowest BCUT2D eigenvalue weighted by Gasteiger charge is -1.47. The van der Waals surface area contributed by atoms with E-state index >= 15 is 0 Å². The second kappa shape index (κ2) is 10.1. The summed E-state index contributed by atoms with van der Waals surface area (Å²) < 4.78 is 4.47. The fourth-order valence-corrected chi connectivity index (χ4v) is 0.391. The Morgan fingerprint density at radius 1 is 1.38 bits per heavy atom. The normalized spacial score (nSPS) is 7.15. The van der Waals surface area contributed by atoms with E-state index in [2.05, 4.69) is 31.1 Å². The van der Waals surface area contributed by atoms with Crippen LogP contribution in [-0.2, 0) is 0 Å². The molecular weight excluding hydrogens is 168 g/mol. The number of imidazole rings is 1. The summed E-state index contributed by atoms with van der Waals surface area (Å²) in [5.74, 6) is 0. The van der Waals surface area contributed by atoms with Crippen LogP contribution in [0.15, 0.2) is 47.0 Å². The largest absolute Gasteiger partial charge is 0.452 e. The maximum Gasteiger partial charge on any atom is 0.180 e. The summed E-state index contributed by atoms with van der Waals surface area (Å²) in [7, 11) is 1.64. The molecule has 0 bridgehead atoms. The third kappa shape index (κ3) is 10.1. The molecule has 0 spiro atoms. The highest BCUT2D eigenvalue weighted by Gasteiger charge is 1.59. The number of oxazole rings is 1. The summed E-state index contributed by atoms with van der Waals surface area (Å²) in [5, 5.41) is 0. The van der Waals surface area contributed by atoms with Gasteiger partial charge in [0, 0.05) is 19.4 Å². The lowest BCUT2D eigenvalue weighted by Crippen LogP contribution is -1.44. The number of hydrogen-bond donors (Lipinski definition) is 1. The zero-order valence-corrected chi connectivity index (χ0v) is 7.42. The van der Waals surface area contributed by atoms with E-state index in [1.165, 1.54) is 12.7 Å². The highest BCUT2D eigenvalue weighted by atomic mass is 16.3. The predicted octanol–water partition coefficient (Wildman–Crippen LogP) is 1.40. The Hall–Kier alpha value is -1.91. The molecule has 70 valence electrons. The van der Waals surface area contributed by atoms with Crippen LogP contribution in [0.25, 0.3) is 0 Å². The van der Waals surface area contributed by atoms with Crippen LogP contribution < -0.4 is 0 Å². The molecule has 2 aromatic rings. The summed E-state index contributed by atoms with van der Waals surface area (Å²) in [6, 6.07) is 0. The van der Waals surface area contributed by atoms with Crippen LogP contribution in [-0.4, -0.2) is 28.7 Å². The van der Waals surface area contributed by atoms with Crippen molar-refractivity contribution in [1.82, 2.24) is 15.0 Å². The van der Waals surface area contributed by atoms with Crippen molar-refractivity contribution in [2.45, 2.75) is 0 Å². The third-order valence-corrected chi connectivity index (χ3v) is 0.753. The molecule has 1 N–H and O–H groups in total. The topological polar surface area (TPSA) is 67.1 Å². The number of rotatable bonds is 0. The fourth-order valence-electron chi connectivity index (χ4n) is 0.391. The maximum absolute atomic E-state index is 4.47. The number of aromatic nitrogens is 3. The van der Waals surface area contributed by atoms with Crippen molar-refractivity contribution in [3.63, 3.8) is 0 Å². The number of aliphatic imine (C=N–C) groups is 1. The molecule has 0 unspecified atom stereocenters. The molecular formula is C8H12N4O. The van der Waals surface area contributed by atoms with E-state index in [1.54, 1.807) is 32.0 Å². The Balaban J connectivity index is 0.000000174. The second-order valence-corrected chi connectivity index (χ2v) is 1.75. The zero-order valence-electron chi connectivity index (χ0n) is 7.42. The molecule has 0 radical (unpaired) electrons. The molecule has 2 aromatic heterocycles. The van der Waals surface area contributed by atoms with Gasteiger partial charge in [-0.25, -0.2) is 9.97 Å². The summed E-state index contributed by atoms with van der Waals surface area (Å²) >= 11 is 0. The van der Waals surface area contributed by atoms with E-state index in [0.717, 1.165) is 0 Å². The fraction of sp³-hybridized carbons (Fsp3) is 0.125. The van der Waals surface area contributed by atoms with Crippen LogP contribution in [0.4, 0.5) is 0 Å². The maximum atomic E-state index is 4.47. The highest BCUT2D eigenvalue weighted by Crippen LogP contribution is 1.72. The van der Waals surface area contributed by atoms with Crippen molar-refractivity contribution in [2.75, 3.05) is 7.05 Å². The molecule has 13 heavy (non-hydrogen) atoms. The van der Waals surface area contributed by atoms with Crippen molar-refractivity contribution in [3.05, 3.63) is 37.6 Å². The summed E-state index contributed by atoms with van der Waals surface area (Å²) in [6.07, 6.45) is 9.56. The second-order valence-electron chi connectivity index (χ2n) is 1.75. The number of nitrogens with zero attached hydrogens (tertiary/aromatic N) is 3. The molecule has 0 aliphatic heterocycles. The summed E-state index contributed by atoms with van der Waals surface area (Å²) in [5.41, 5.74) is 0. The van der Waals surface area contributed by atoms with Gasteiger partial charge in [0.15, 0.2) is 6.39 Å². The highest BCUT2D eigenvalue weighted by molar-refractivity contribution is 5.22. The summed E-state index contributed by atoms with van der Waals surface area (Å²) in [4.78, 5) is 13.2. The number of hydrogen-bond acceptors (Lipinski definition) is 4.